The number of nitrogens with zero attached hydrogens (tertiary/aromatic N) is 4. The molecule has 2 aromatic carbocycles. The number of benzene rings is 2. The highest BCUT2D eigenvalue weighted by Crippen LogP contribution is 2.37. The number of likely N-dealkylation sites (N-methyl/N-ethyl adjacent to an activating group) is 1. The second kappa shape index (κ2) is 12.2. The molecule has 2 fully saturated rings. The van der Waals surface area contributed by atoms with Crippen LogP contribution < -0.4 is 5.43 Å². The Kier molecular flexibility index (Phi) is 8.72. The summed E-state index contributed by atoms with van der Waals surface area (Å²) in [6.07, 6.45) is -8.10. The number of carbonyl (C=O) groups is 2. The van der Waals surface area contributed by atoms with Crippen LogP contribution in [0.5, 0.6) is 0 Å². The smallest absolute Gasteiger partial charge is 0.361 e. The number of para-hydroxylation sites is 1. The summed E-state index contributed by atoms with van der Waals surface area (Å²) >= 11 is 0. The standard InChI is InChI=1S/C29H32F6N6O2/c1-38-6-9-40(10-7-38)37-26(42)18-39-8-11-41(23(17-39)14-20-16-36-25-5-3-2-4-24(20)25)27(43)19-12-21(28(30,31)32)15-22(13-19)29(33,34)35/h2-5,12-13,15-16,23,36H,6-11,14,17-18H2,1H3,(H,37,42)/t23-/m0/s1. The maximum absolute atomic E-state index is 13.7. The van der Waals surface area contributed by atoms with Gasteiger partial charge in [0.15, 0.2) is 0 Å². The van der Waals surface area contributed by atoms with Gasteiger partial charge in [-0.25, -0.2) is 5.01 Å². The Balaban J connectivity index is 1.39. The average Bonchev–Trinajstić information content (AvgIpc) is 3.35. The predicted octanol–water partition coefficient (Wildman–Crippen LogP) is 3.85. The van der Waals surface area contributed by atoms with Gasteiger partial charge >= 0.3 is 12.4 Å². The van der Waals surface area contributed by atoms with Crippen LogP contribution in [-0.4, -0.2) is 102 Å². The van der Waals surface area contributed by atoms with Crippen molar-refractivity contribution >= 4 is 22.7 Å². The Morgan fingerprint density at radius 2 is 1.56 bits per heavy atom. The topological polar surface area (TPSA) is 74.9 Å². The molecule has 0 radical (unpaired) electrons. The Hall–Kier alpha value is -3.62. The molecule has 43 heavy (non-hydrogen) atoms. The number of hydrogen-bond acceptors (Lipinski definition) is 5. The molecule has 2 aliphatic heterocycles. The fourth-order valence-corrected chi connectivity index (χ4v) is 5.64. The van der Waals surface area contributed by atoms with E-state index >= 15 is 0 Å². The van der Waals surface area contributed by atoms with Crippen LogP contribution >= 0.6 is 0 Å². The number of hydrogen-bond donors (Lipinski definition) is 2. The fraction of sp³-hybridized carbons (Fsp3) is 0.448. The SMILES string of the molecule is CN1CCN(NC(=O)CN2CCN(C(=O)c3cc(C(F)(F)F)cc(C(F)(F)F)c3)[C@@H](Cc3c[nH]c4ccccc34)C2)CC1. The number of rotatable bonds is 6. The van der Waals surface area contributed by atoms with Gasteiger partial charge in [-0.2, -0.15) is 26.3 Å². The molecule has 5 rings (SSSR count). The number of H-pyrrole nitrogens is 1. The maximum atomic E-state index is 13.7. The van der Waals surface area contributed by atoms with Crippen molar-refractivity contribution in [3.63, 3.8) is 0 Å². The molecule has 0 unspecified atom stereocenters. The fourth-order valence-electron chi connectivity index (χ4n) is 5.64. The number of hydrazine groups is 1. The lowest BCUT2D eigenvalue weighted by atomic mass is 9.98. The van der Waals surface area contributed by atoms with E-state index in [1.54, 1.807) is 6.20 Å². The number of fused-ring (bicyclic) bond motifs is 1. The van der Waals surface area contributed by atoms with Gasteiger partial charge in [0.25, 0.3) is 5.91 Å². The summed E-state index contributed by atoms with van der Waals surface area (Å²) in [5.41, 5.74) is 0.809. The molecule has 2 N–H and O–H groups in total. The summed E-state index contributed by atoms with van der Waals surface area (Å²) in [6, 6.07) is 7.79. The summed E-state index contributed by atoms with van der Waals surface area (Å²) in [7, 11) is 2.00. The highest BCUT2D eigenvalue weighted by atomic mass is 19.4. The quantitative estimate of drug-likeness (QED) is 0.415. The minimum absolute atomic E-state index is 0.0110. The van der Waals surface area contributed by atoms with Gasteiger partial charge in [0.05, 0.1) is 17.7 Å². The number of amides is 2. The van der Waals surface area contributed by atoms with Gasteiger partial charge in [0.1, 0.15) is 0 Å². The molecular formula is C29H32F6N6O2. The second-order valence-corrected chi connectivity index (χ2v) is 11.1. The third-order valence-electron chi connectivity index (χ3n) is 7.95. The van der Waals surface area contributed by atoms with Gasteiger partial charge in [-0.05, 0) is 43.3 Å². The number of carbonyl (C=O) groups excluding carboxylic acids is 2. The lowest BCUT2D eigenvalue weighted by Gasteiger charge is -2.42. The van der Waals surface area contributed by atoms with Crippen LogP contribution in [0, 0.1) is 0 Å². The largest absolute Gasteiger partial charge is 0.416 e. The van der Waals surface area contributed by atoms with Crippen molar-refractivity contribution in [3.8, 4) is 0 Å². The van der Waals surface area contributed by atoms with E-state index in [1.807, 2.05) is 41.2 Å². The highest BCUT2D eigenvalue weighted by molar-refractivity contribution is 5.95. The lowest BCUT2D eigenvalue weighted by Crippen LogP contribution is -2.59. The second-order valence-electron chi connectivity index (χ2n) is 11.1. The molecule has 0 aliphatic carbocycles. The summed E-state index contributed by atoms with van der Waals surface area (Å²) in [4.78, 5) is 35.0. The number of aromatic amines is 1. The number of aromatic nitrogens is 1. The third kappa shape index (κ3) is 7.31. The van der Waals surface area contributed by atoms with E-state index in [4.69, 9.17) is 0 Å². The summed E-state index contributed by atoms with van der Waals surface area (Å²) in [6.45, 7) is 3.42. The Bertz CT molecular complexity index is 1430. The molecule has 232 valence electrons. The Morgan fingerprint density at radius 1 is 0.907 bits per heavy atom. The van der Waals surface area contributed by atoms with Gasteiger partial charge < -0.3 is 14.8 Å². The number of alkyl halides is 6. The molecule has 8 nitrogen and oxygen atoms in total. The van der Waals surface area contributed by atoms with Crippen LogP contribution in [0.15, 0.2) is 48.7 Å². The van der Waals surface area contributed by atoms with Gasteiger partial charge in [-0.3, -0.25) is 19.9 Å². The molecule has 3 heterocycles. The molecule has 0 saturated carbocycles. The minimum atomic E-state index is -5.07. The van der Waals surface area contributed by atoms with Crippen LogP contribution in [-0.2, 0) is 23.6 Å². The van der Waals surface area contributed by atoms with E-state index < -0.39 is 41.0 Å². The van der Waals surface area contributed by atoms with Crippen LogP contribution in [0.1, 0.15) is 27.0 Å². The summed E-state index contributed by atoms with van der Waals surface area (Å²) in [5, 5.41) is 2.73. The molecule has 1 atom stereocenters. The van der Waals surface area contributed by atoms with Crippen LogP contribution in [0.3, 0.4) is 0 Å². The van der Waals surface area contributed by atoms with E-state index in [-0.39, 0.29) is 44.6 Å². The Morgan fingerprint density at radius 3 is 2.21 bits per heavy atom. The zero-order valence-electron chi connectivity index (χ0n) is 23.4. The summed E-state index contributed by atoms with van der Waals surface area (Å²) in [5.74, 6) is -1.16. The van der Waals surface area contributed by atoms with Crippen molar-refractivity contribution in [1.82, 2.24) is 30.1 Å². The molecule has 14 heteroatoms. The predicted molar refractivity (Wildman–Crippen MR) is 147 cm³/mol. The zero-order valence-corrected chi connectivity index (χ0v) is 23.4. The molecule has 3 aromatic rings. The van der Waals surface area contributed by atoms with Crippen molar-refractivity contribution < 1.29 is 35.9 Å². The van der Waals surface area contributed by atoms with E-state index in [1.165, 1.54) is 4.90 Å². The number of halogens is 6. The van der Waals surface area contributed by atoms with E-state index in [0.29, 0.717) is 25.2 Å². The van der Waals surface area contributed by atoms with Gasteiger partial charge in [0.2, 0.25) is 5.91 Å². The molecule has 2 amide bonds. The van der Waals surface area contributed by atoms with E-state index in [2.05, 4.69) is 15.3 Å². The van der Waals surface area contributed by atoms with Gasteiger partial charge in [-0.1, -0.05) is 18.2 Å². The first-order valence-corrected chi connectivity index (χ1v) is 13.9. The molecule has 0 bridgehead atoms. The van der Waals surface area contributed by atoms with Crippen molar-refractivity contribution in [1.29, 1.82) is 0 Å². The first-order valence-electron chi connectivity index (χ1n) is 13.9. The van der Waals surface area contributed by atoms with Crippen LogP contribution in [0.2, 0.25) is 0 Å². The van der Waals surface area contributed by atoms with Crippen molar-refractivity contribution in [2.24, 2.45) is 0 Å². The minimum Gasteiger partial charge on any atom is -0.361 e. The van der Waals surface area contributed by atoms with Crippen LogP contribution in [0.4, 0.5) is 26.3 Å². The lowest BCUT2D eigenvalue weighted by molar-refractivity contribution is -0.143. The molecule has 0 spiro atoms. The average molecular weight is 611 g/mol. The third-order valence-corrected chi connectivity index (χ3v) is 7.95. The van der Waals surface area contributed by atoms with E-state index in [9.17, 15) is 35.9 Å². The van der Waals surface area contributed by atoms with Crippen molar-refractivity contribution in [3.05, 3.63) is 70.9 Å². The maximum Gasteiger partial charge on any atom is 0.416 e. The first kappa shape index (κ1) is 30.8. The monoisotopic (exact) mass is 610 g/mol. The van der Waals surface area contributed by atoms with Gasteiger partial charge in [-0.15, -0.1) is 0 Å². The van der Waals surface area contributed by atoms with Crippen molar-refractivity contribution in [2.75, 3.05) is 59.4 Å². The molecular weight excluding hydrogens is 578 g/mol. The molecule has 2 aliphatic rings. The highest BCUT2D eigenvalue weighted by Gasteiger charge is 2.39. The van der Waals surface area contributed by atoms with Crippen LogP contribution in [0.25, 0.3) is 10.9 Å². The van der Waals surface area contributed by atoms with E-state index in [0.717, 1.165) is 29.6 Å². The molecule has 1 aromatic heterocycles. The number of nitrogens with one attached hydrogen (secondary N) is 2. The normalized spacial score (nSPS) is 19.6. The zero-order chi connectivity index (χ0) is 30.9. The van der Waals surface area contributed by atoms with Gasteiger partial charge in [0, 0.05) is 74.5 Å². The molecule has 2 saturated heterocycles. The first-order chi connectivity index (χ1) is 20.3. The number of piperazine rings is 2. The van der Waals surface area contributed by atoms with Crippen molar-refractivity contribution in [2.45, 2.75) is 24.8 Å². The summed E-state index contributed by atoms with van der Waals surface area (Å²) < 4.78 is 81.2. The Labute approximate surface area is 244 Å².